The Kier molecular flexibility index (Phi) is 7.01. The van der Waals surface area contributed by atoms with E-state index in [4.69, 9.17) is 5.73 Å². The van der Waals surface area contributed by atoms with Gasteiger partial charge in [0.1, 0.15) is 0 Å². The number of halogens is 1. The van der Waals surface area contributed by atoms with Crippen molar-refractivity contribution >= 4 is 28.3 Å². The number of hydrogen-bond acceptors (Lipinski definition) is 4. The molecule has 0 aliphatic heterocycles. The maximum atomic E-state index is 12.3. The molecule has 1 fully saturated rings. The summed E-state index contributed by atoms with van der Waals surface area (Å²) in [5, 5.41) is 2.84. The van der Waals surface area contributed by atoms with E-state index in [1.807, 2.05) is 0 Å². The molecule has 0 radical (unpaired) electrons. The fraction of sp³-hybridized carbons (Fsp3) is 0.533. The van der Waals surface area contributed by atoms with E-state index in [1.54, 1.807) is 24.3 Å². The predicted molar refractivity (Wildman–Crippen MR) is 91.7 cm³/mol. The molecule has 130 valence electrons. The highest BCUT2D eigenvalue weighted by atomic mass is 35.5. The number of carbonyl (C=O) groups is 1. The Hall–Kier alpha value is -1.15. The van der Waals surface area contributed by atoms with E-state index in [9.17, 15) is 13.2 Å². The summed E-state index contributed by atoms with van der Waals surface area (Å²) in [4.78, 5) is 12.4. The van der Waals surface area contributed by atoms with E-state index in [-0.39, 0.29) is 41.7 Å². The molecule has 6 nitrogen and oxygen atoms in total. The average molecular weight is 362 g/mol. The quantitative estimate of drug-likeness (QED) is 0.821. The highest BCUT2D eigenvalue weighted by molar-refractivity contribution is 7.89. The van der Waals surface area contributed by atoms with Crippen molar-refractivity contribution in [3.05, 3.63) is 29.8 Å². The number of rotatable bonds is 5. The number of amides is 1. The van der Waals surface area contributed by atoms with Gasteiger partial charge in [-0.05, 0) is 30.9 Å². The first-order valence-electron chi connectivity index (χ1n) is 7.36. The van der Waals surface area contributed by atoms with Crippen molar-refractivity contribution in [2.75, 3.05) is 14.1 Å². The lowest BCUT2D eigenvalue weighted by molar-refractivity contribution is -0.125. The fourth-order valence-electron chi connectivity index (χ4n) is 2.68. The van der Waals surface area contributed by atoms with Crippen molar-refractivity contribution in [2.45, 2.75) is 36.7 Å². The molecule has 23 heavy (non-hydrogen) atoms. The summed E-state index contributed by atoms with van der Waals surface area (Å²) in [6, 6.07) is 6.82. The Bertz CT molecular complexity index is 649. The Morgan fingerprint density at radius 3 is 2.52 bits per heavy atom. The molecular weight excluding hydrogens is 338 g/mol. The molecule has 0 heterocycles. The van der Waals surface area contributed by atoms with Gasteiger partial charge in [-0.15, -0.1) is 12.4 Å². The number of carbonyl (C=O) groups excluding carboxylic acids is 1. The van der Waals surface area contributed by atoms with E-state index < -0.39 is 10.0 Å². The largest absolute Gasteiger partial charge is 0.352 e. The van der Waals surface area contributed by atoms with Gasteiger partial charge in [0.25, 0.3) is 0 Å². The molecule has 3 N–H and O–H groups in total. The standard InChI is InChI=1S/C15H23N3O3S.ClH/c1-18(2)22(20,21)14-6-4-3-5-12(14)10-17-15(19)11-7-8-13(16)9-11;/h3-6,11,13H,7-10,16H2,1-2H3,(H,17,19);1H. The van der Waals surface area contributed by atoms with Crippen LogP contribution < -0.4 is 11.1 Å². The van der Waals surface area contributed by atoms with Gasteiger partial charge in [-0.25, -0.2) is 12.7 Å². The summed E-state index contributed by atoms with van der Waals surface area (Å²) in [6.45, 7) is 0.202. The maximum Gasteiger partial charge on any atom is 0.242 e. The third-order valence-corrected chi connectivity index (χ3v) is 5.94. The topological polar surface area (TPSA) is 92.5 Å². The van der Waals surface area contributed by atoms with Crippen LogP contribution in [0.15, 0.2) is 29.2 Å². The number of sulfonamides is 1. The second kappa shape index (κ2) is 8.10. The van der Waals surface area contributed by atoms with Crippen molar-refractivity contribution in [3.63, 3.8) is 0 Å². The molecule has 2 rings (SSSR count). The van der Waals surface area contributed by atoms with Gasteiger partial charge in [-0.1, -0.05) is 18.2 Å². The lowest BCUT2D eigenvalue weighted by Gasteiger charge is -2.16. The van der Waals surface area contributed by atoms with Crippen LogP contribution >= 0.6 is 12.4 Å². The summed E-state index contributed by atoms with van der Waals surface area (Å²) in [7, 11) is -0.540. The van der Waals surface area contributed by atoms with Crippen LogP contribution in [0.2, 0.25) is 0 Å². The van der Waals surface area contributed by atoms with Crippen molar-refractivity contribution < 1.29 is 13.2 Å². The van der Waals surface area contributed by atoms with Crippen LogP contribution in [0.1, 0.15) is 24.8 Å². The molecule has 2 unspecified atom stereocenters. The van der Waals surface area contributed by atoms with Gasteiger partial charge in [0.15, 0.2) is 0 Å². The summed E-state index contributed by atoms with van der Waals surface area (Å²) >= 11 is 0. The molecular formula is C15H24ClN3O3S. The lowest BCUT2D eigenvalue weighted by Crippen LogP contribution is -2.31. The van der Waals surface area contributed by atoms with Gasteiger partial charge in [0, 0.05) is 32.6 Å². The minimum atomic E-state index is -3.52. The molecule has 1 aromatic carbocycles. The molecule has 2 atom stereocenters. The molecule has 0 spiro atoms. The van der Waals surface area contributed by atoms with E-state index in [2.05, 4.69) is 5.32 Å². The first kappa shape index (κ1) is 19.9. The molecule has 0 aromatic heterocycles. The van der Waals surface area contributed by atoms with Crippen molar-refractivity contribution in [2.24, 2.45) is 11.7 Å². The SMILES string of the molecule is CN(C)S(=O)(=O)c1ccccc1CNC(=O)C1CCC(N)C1.Cl. The maximum absolute atomic E-state index is 12.3. The average Bonchev–Trinajstić information content (AvgIpc) is 2.91. The predicted octanol–water partition coefficient (Wildman–Crippen LogP) is 1.10. The number of nitrogens with one attached hydrogen (secondary N) is 1. The zero-order valence-electron chi connectivity index (χ0n) is 13.4. The van der Waals surface area contributed by atoms with Crippen LogP contribution in [0.25, 0.3) is 0 Å². The van der Waals surface area contributed by atoms with Gasteiger partial charge in [0.05, 0.1) is 4.90 Å². The number of benzene rings is 1. The molecule has 1 aliphatic carbocycles. The Morgan fingerprint density at radius 2 is 1.96 bits per heavy atom. The second-order valence-corrected chi connectivity index (χ2v) is 8.00. The zero-order chi connectivity index (χ0) is 16.3. The van der Waals surface area contributed by atoms with Gasteiger partial charge >= 0.3 is 0 Å². The van der Waals surface area contributed by atoms with Crippen molar-refractivity contribution in [1.29, 1.82) is 0 Å². The summed E-state index contributed by atoms with van der Waals surface area (Å²) in [5.41, 5.74) is 6.41. The van der Waals surface area contributed by atoms with Gasteiger partial charge in [-0.2, -0.15) is 0 Å². The van der Waals surface area contributed by atoms with Crippen LogP contribution in [-0.2, 0) is 21.4 Å². The third-order valence-electron chi connectivity index (χ3n) is 4.03. The van der Waals surface area contributed by atoms with Crippen molar-refractivity contribution in [1.82, 2.24) is 9.62 Å². The summed E-state index contributed by atoms with van der Waals surface area (Å²) in [5.74, 6) is -0.113. The third kappa shape index (κ3) is 4.67. The zero-order valence-corrected chi connectivity index (χ0v) is 15.0. The molecule has 0 bridgehead atoms. The molecule has 1 aromatic rings. The van der Waals surface area contributed by atoms with Gasteiger partial charge in [0.2, 0.25) is 15.9 Å². The number of hydrogen-bond donors (Lipinski definition) is 2. The Morgan fingerprint density at radius 1 is 1.30 bits per heavy atom. The summed E-state index contributed by atoms with van der Waals surface area (Å²) < 4.78 is 25.8. The smallest absolute Gasteiger partial charge is 0.242 e. The Labute approximate surface area is 143 Å². The van der Waals surface area contributed by atoms with E-state index >= 15 is 0 Å². The molecule has 1 saturated carbocycles. The number of nitrogens with zero attached hydrogens (tertiary/aromatic N) is 1. The minimum absolute atomic E-state index is 0. The highest BCUT2D eigenvalue weighted by Gasteiger charge is 2.28. The van der Waals surface area contributed by atoms with Crippen LogP contribution in [-0.4, -0.2) is 38.8 Å². The van der Waals surface area contributed by atoms with Gasteiger partial charge < -0.3 is 11.1 Å². The van der Waals surface area contributed by atoms with E-state index in [1.165, 1.54) is 18.4 Å². The van der Waals surface area contributed by atoms with Crippen LogP contribution in [0.4, 0.5) is 0 Å². The molecule has 8 heteroatoms. The van der Waals surface area contributed by atoms with E-state index in [0.717, 1.165) is 12.8 Å². The van der Waals surface area contributed by atoms with Crippen LogP contribution in [0.3, 0.4) is 0 Å². The van der Waals surface area contributed by atoms with Crippen LogP contribution in [0, 0.1) is 5.92 Å². The fourth-order valence-corrected chi connectivity index (χ4v) is 3.79. The monoisotopic (exact) mass is 361 g/mol. The van der Waals surface area contributed by atoms with Crippen molar-refractivity contribution in [3.8, 4) is 0 Å². The Balaban J connectivity index is 0.00000264. The molecule has 0 saturated heterocycles. The molecule has 1 aliphatic rings. The molecule has 1 amide bonds. The first-order valence-corrected chi connectivity index (χ1v) is 8.80. The lowest BCUT2D eigenvalue weighted by atomic mass is 10.1. The first-order chi connectivity index (χ1) is 10.3. The second-order valence-electron chi connectivity index (χ2n) is 5.88. The normalized spacial score (nSPS) is 21.0. The van der Waals surface area contributed by atoms with Crippen LogP contribution in [0.5, 0.6) is 0 Å². The van der Waals surface area contributed by atoms with E-state index in [0.29, 0.717) is 12.0 Å². The minimum Gasteiger partial charge on any atom is -0.352 e. The van der Waals surface area contributed by atoms with Gasteiger partial charge in [-0.3, -0.25) is 4.79 Å². The summed E-state index contributed by atoms with van der Waals surface area (Å²) in [6.07, 6.45) is 2.36. The number of nitrogens with two attached hydrogens (primary N) is 1. The highest BCUT2D eigenvalue weighted by Crippen LogP contribution is 2.24.